The van der Waals surface area contributed by atoms with Crippen LogP contribution >= 0.6 is 35.0 Å². The molecule has 0 aliphatic rings. The number of methoxy groups -OCH3 is 2. The molecule has 0 fully saturated rings. The van der Waals surface area contributed by atoms with Gasteiger partial charge in [-0.3, -0.25) is 0 Å². The molecular formula is C18H17Cl2N3O2S. The van der Waals surface area contributed by atoms with E-state index in [0.717, 1.165) is 17.1 Å². The average Bonchev–Trinajstić information content (AvgIpc) is 3.08. The molecule has 1 heterocycles. The third kappa shape index (κ3) is 4.58. The Morgan fingerprint density at radius 1 is 0.962 bits per heavy atom. The maximum absolute atomic E-state index is 6.01. The van der Waals surface area contributed by atoms with Crippen molar-refractivity contribution in [1.29, 1.82) is 0 Å². The highest BCUT2D eigenvalue weighted by Crippen LogP contribution is 2.27. The SMILES string of the molecule is COC(CSc1nc(-c2ccc(Cl)cc2)n(-c2ccc(Cl)cc2)n1)OC. The molecule has 3 rings (SSSR count). The molecule has 0 aliphatic heterocycles. The van der Waals surface area contributed by atoms with Gasteiger partial charge in [-0.15, -0.1) is 5.10 Å². The molecule has 0 saturated heterocycles. The van der Waals surface area contributed by atoms with Crippen molar-refractivity contribution >= 4 is 35.0 Å². The minimum Gasteiger partial charge on any atom is -0.355 e. The second-order valence-corrected chi connectivity index (χ2v) is 7.19. The van der Waals surface area contributed by atoms with Crippen LogP contribution in [0.3, 0.4) is 0 Å². The Balaban J connectivity index is 1.97. The van der Waals surface area contributed by atoms with Crippen molar-refractivity contribution in [2.24, 2.45) is 0 Å². The summed E-state index contributed by atoms with van der Waals surface area (Å²) in [5.41, 5.74) is 1.78. The predicted molar refractivity (Wildman–Crippen MR) is 105 cm³/mol. The molecule has 0 radical (unpaired) electrons. The van der Waals surface area contributed by atoms with E-state index < -0.39 is 0 Å². The van der Waals surface area contributed by atoms with Gasteiger partial charge in [0.2, 0.25) is 5.16 Å². The van der Waals surface area contributed by atoms with Gasteiger partial charge in [0.05, 0.1) is 11.4 Å². The van der Waals surface area contributed by atoms with E-state index in [1.807, 2.05) is 48.5 Å². The Kier molecular flexibility index (Phi) is 6.56. The minimum atomic E-state index is -0.318. The number of thioether (sulfide) groups is 1. The van der Waals surface area contributed by atoms with Crippen LogP contribution in [0.4, 0.5) is 0 Å². The average molecular weight is 410 g/mol. The van der Waals surface area contributed by atoms with Crippen molar-refractivity contribution in [2.75, 3.05) is 20.0 Å². The van der Waals surface area contributed by atoms with Crippen LogP contribution in [-0.2, 0) is 9.47 Å². The summed E-state index contributed by atoms with van der Waals surface area (Å²) in [7, 11) is 3.21. The van der Waals surface area contributed by atoms with E-state index in [4.69, 9.17) is 32.7 Å². The Hall–Kier alpha value is -1.57. The summed E-state index contributed by atoms with van der Waals surface area (Å²) in [5, 5.41) is 6.60. The zero-order valence-electron chi connectivity index (χ0n) is 14.2. The minimum absolute atomic E-state index is 0.318. The Labute approximate surface area is 166 Å². The van der Waals surface area contributed by atoms with Gasteiger partial charge >= 0.3 is 0 Å². The second-order valence-electron chi connectivity index (χ2n) is 5.33. The highest BCUT2D eigenvalue weighted by Gasteiger charge is 2.16. The molecule has 0 aliphatic carbocycles. The van der Waals surface area contributed by atoms with Crippen LogP contribution in [0, 0.1) is 0 Å². The lowest BCUT2D eigenvalue weighted by Crippen LogP contribution is -2.15. The summed E-state index contributed by atoms with van der Waals surface area (Å²) in [6, 6.07) is 14.9. The van der Waals surface area contributed by atoms with E-state index >= 15 is 0 Å². The summed E-state index contributed by atoms with van der Waals surface area (Å²) in [6.07, 6.45) is -0.318. The topological polar surface area (TPSA) is 49.2 Å². The lowest BCUT2D eigenvalue weighted by atomic mass is 10.2. The molecule has 5 nitrogen and oxygen atoms in total. The maximum atomic E-state index is 6.01. The maximum Gasteiger partial charge on any atom is 0.209 e. The number of halogens is 2. The van der Waals surface area contributed by atoms with E-state index in [9.17, 15) is 0 Å². The summed E-state index contributed by atoms with van der Waals surface area (Å²) in [5.74, 6) is 1.30. The molecule has 0 atom stereocenters. The molecule has 0 spiro atoms. The summed E-state index contributed by atoms with van der Waals surface area (Å²) >= 11 is 13.5. The van der Waals surface area contributed by atoms with Gasteiger partial charge in [0, 0.05) is 29.8 Å². The fraction of sp³-hybridized carbons (Fsp3) is 0.222. The quantitative estimate of drug-likeness (QED) is 0.407. The molecule has 0 unspecified atom stereocenters. The number of nitrogens with zero attached hydrogens (tertiary/aromatic N) is 3. The van der Waals surface area contributed by atoms with Gasteiger partial charge in [0.15, 0.2) is 12.1 Å². The Bertz CT molecular complexity index is 787. The zero-order valence-corrected chi connectivity index (χ0v) is 16.6. The van der Waals surface area contributed by atoms with Gasteiger partial charge in [-0.05, 0) is 48.5 Å². The number of ether oxygens (including phenoxy) is 2. The molecule has 3 aromatic rings. The molecule has 2 aromatic carbocycles. The lowest BCUT2D eigenvalue weighted by molar-refractivity contribution is -0.0842. The summed E-state index contributed by atoms with van der Waals surface area (Å²) in [6.45, 7) is 0. The van der Waals surface area contributed by atoms with Crippen LogP contribution in [0.5, 0.6) is 0 Å². The van der Waals surface area contributed by atoms with Crippen LogP contribution in [0.1, 0.15) is 0 Å². The molecular weight excluding hydrogens is 393 g/mol. The first-order valence-electron chi connectivity index (χ1n) is 7.78. The van der Waals surface area contributed by atoms with Crippen LogP contribution in [0.2, 0.25) is 10.0 Å². The second kappa shape index (κ2) is 8.88. The predicted octanol–water partition coefficient (Wildman–Crippen LogP) is 4.95. The van der Waals surface area contributed by atoms with Gasteiger partial charge < -0.3 is 9.47 Å². The van der Waals surface area contributed by atoms with E-state index in [1.165, 1.54) is 11.8 Å². The molecule has 0 amide bonds. The molecule has 0 saturated carbocycles. The third-order valence-electron chi connectivity index (χ3n) is 3.64. The molecule has 8 heteroatoms. The molecule has 1 aromatic heterocycles. The van der Waals surface area contributed by atoms with Crippen LogP contribution < -0.4 is 0 Å². The smallest absolute Gasteiger partial charge is 0.209 e. The Morgan fingerprint density at radius 3 is 2.12 bits per heavy atom. The monoisotopic (exact) mass is 409 g/mol. The van der Waals surface area contributed by atoms with Crippen LogP contribution in [0.15, 0.2) is 53.7 Å². The van der Waals surface area contributed by atoms with Crippen molar-refractivity contribution in [2.45, 2.75) is 11.4 Å². The zero-order chi connectivity index (χ0) is 18.5. The highest BCUT2D eigenvalue weighted by atomic mass is 35.5. The van der Waals surface area contributed by atoms with Crippen molar-refractivity contribution in [3.63, 3.8) is 0 Å². The first-order valence-corrected chi connectivity index (χ1v) is 9.52. The highest BCUT2D eigenvalue weighted by molar-refractivity contribution is 7.99. The van der Waals surface area contributed by atoms with E-state index in [1.54, 1.807) is 18.9 Å². The van der Waals surface area contributed by atoms with Gasteiger partial charge in [0.25, 0.3) is 0 Å². The van der Waals surface area contributed by atoms with Gasteiger partial charge in [-0.25, -0.2) is 9.67 Å². The van der Waals surface area contributed by atoms with E-state index in [2.05, 4.69) is 10.1 Å². The Morgan fingerprint density at radius 2 is 1.54 bits per heavy atom. The lowest BCUT2D eigenvalue weighted by Gasteiger charge is -2.10. The standard InChI is InChI=1S/C18H17Cl2N3O2S/c1-24-16(25-2)11-26-18-21-17(12-3-5-13(19)6-4-12)23(22-18)15-9-7-14(20)8-10-15/h3-10,16H,11H2,1-2H3. The molecule has 26 heavy (non-hydrogen) atoms. The molecule has 0 N–H and O–H groups in total. The number of aromatic nitrogens is 3. The van der Waals surface area contributed by atoms with Gasteiger partial charge in [-0.2, -0.15) is 0 Å². The normalized spacial score (nSPS) is 11.3. The number of benzene rings is 2. The summed E-state index contributed by atoms with van der Waals surface area (Å²) in [4.78, 5) is 4.68. The van der Waals surface area contributed by atoms with Gasteiger partial charge in [0.1, 0.15) is 0 Å². The van der Waals surface area contributed by atoms with Crippen molar-refractivity contribution in [3.8, 4) is 17.1 Å². The van der Waals surface area contributed by atoms with Crippen molar-refractivity contribution in [3.05, 3.63) is 58.6 Å². The van der Waals surface area contributed by atoms with E-state index in [-0.39, 0.29) is 6.29 Å². The van der Waals surface area contributed by atoms with E-state index in [0.29, 0.717) is 21.0 Å². The van der Waals surface area contributed by atoms with Gasteiger partial charge in [-0.1, -0.05) is 35.0 Å². The van der Waals surface area contributed by atoms with Crippen LogP contribution in [0.25, 0.3) is 17.1 Å². The van der Waals surface area contributed by atoms with Crippen LogP contribution in [-0.4, -0.2) is 41.0 Å². The third-order valence-corrected chi connectivity index (χ3v) is 5.01. The van der Waals surface area contributed by atoms with Crippen molar-refractivity contribution < 1.29 is 9.47 Å². The molecule has 0 bridgehead atoms. The first-order chi connectivity index (χ1) is 12.6. The first kappa shape index (κ1) is 19.2. The number of rotatable bonds is 7. The fourth-order valence-corrected chi connectivity index (χ4v) is 3.38. The largest absolute Gasteiger partial charge is 0.355 e. The molecule has 136 valence electrons. The number of hydrogen-bond acceptors (Lipinski definition) is 5. The number of hydrogen-bond donors (Lipinski definition) is 0. The summed E-state index contributed by atoms with van der Waals surface area (Å²) < 4.78 is 12.2. The van der Waals surface area contributed by atoms with Crippen molar-refractivity contribution in [1.82, 2.24) is 14.8 Å². The fourth-order valence-electron chi connectivity index (χ4n) is 2.28.